The molecule has 0 radical (unpaired) electrons. The van der Waals surface area contributed by atoms with Gasteiger partial charge in [-0.15, -0.1) is 0 Å². The van der Waals surface area contributed by atoms with Crippen molar-refractivity contribution in [2.45, 2.75) is 32.7 Å². The Hall–Kier alpha value is -3.42. The molecule has 4 rings (SSSR count). The summed E-state index contributed by atoms with van der Waals surface area (Å²) in [4.78, 5) is 36.2. The van der Waals surface area contributed by atoms with Crippen LogP contribution in [0.3, 0.4) is 0 Å². The Morgan fingerprint density at radius 2 is 2.16 bits per heavy atom. The SMILES string of the molecule is COc1ccc2nc(C)c(C(=O)N3CCCC(CC(=O)NCCn4ccnc4)C3)cc2c1. The minimum atomic E-state index is -0.0232. The molecule has 3 aromatic rings. The number of carbonyl (C=O) groups is 2. The summed E-state index contributed by atoms with van der Waals surface area (Å²) in [6.07, 6.45) is 7.60. The number of hydrogen-bond donors (Lipinski definition) is 1. The van der Waals surface area contributed by atoms with Crippen molar-refractivity contribution in [2.24, 2.45) is 5.92 Å². The van der Waals surface area contributed by atoms with E-state index in [0.29, 0.717) is 43.9 Å². The van der Waals surface area contributed by atoms with E-state index in [-0.39, 0.29) is 17.7 Å². The van der Waals surface area contributed by atoms with Gasteiger partial charge in [-0.2, -0.15) is 0 Å². The zero-order valence-electron chi connectivity index (χ0n) is 18.6. The van der Waals surface area contributed by atoms with Gasteiger partial charge >= 0.3 is 0 Å². The van der Waals surface area contributed by atoms with Crippen LogP contribution in [0, 0.1) is 12.8 Å². The third-order valence-corrected chi connectivity index (χ3v) is 5.97. The Bertz CT molecular complexity index is 1100. The summed E-state index contributed by atoms with van der Waals surface area (Å²) in [5.74, 6) is 0.901. The molecule has 0 spiro atoms. The molecule has 1 aliphatic rings. The molecule has 168 valence electrons. The van der Waals surface area contributed by atoms with Crippen LogP contribution in [0.1, 0.15) is 35.3 Å². The normalized spacial score (nSPS) is 16.2. The average molecular weight is 436 g/mol. The number of benzene rings is 1. The summed E-state index contributed by atoms with van der Waals surface area (Å²) in [5, 5.41) is 3.85. The van der Waals surface area contributed by atoms with Crippen LogP contribution in [0.15, 0.2) is 43.0 Å². The van der Waals surface area contributed by atoms with Gasteiger partial charge in [0.25, 0.3) is 5.91 Å². The highest BCUT2D eigenvalue weighted by molar-refractivity contribution is 5.99. The topological polar surface area (TPSA) is 89.4 Å². The standard InChI is InChI=1S/C24H29N5O3/c1-17-21(14-19-13-20(32-2)5-6-22(19)27-17)24(31)29-9-3-4-18(15-29)12-23(30)26-8-11-28-10-7-25-16-28/h5-7,10,13-14,16,18H,3-4,8-9,11-12,15H2,1-2H3,(H,26,30). The number of methoxy groups -OCH3 is 1. The highest BCUT2D eigenvalue weighted by Crippen LogP contribution is 2.25. The summed E-state index contributed by atoms with van der Waals surface area (Å²) >= 11 is 0. The van der Waals surface area contributed by atoms with Gasteiger partial charge in [-0.1, -0.05) is 0 Å². The van der Waals surface area contributed by atoms with E-state index in [1.54, 1.807) is 19.6 Å². The Morgan fingerprint density at radius 3 is 2.94 bits per heavy atom. The molecule has 2 aromatic heterocycles. The molecule has 8 heteroatoms. The molecule has 1 atom stereocenters. The molecule has 1 aliphatic heterocycles. The second-order valence-corrected chi connectivity index (χ2v) is 8.29. The number of pyridine rings is 1. The molecule has 0 saturated carbocycles. The number of nitrogens with zero attached hydrogens (tertiary/aromatic N) is 4. The van der Waals surface area contributed by atoms with Crippen molar-refractivity contribution in [3.8, 4) is 5.75 Å². The first kappa shape index (κ1) is 21.8. The minimum absolute atomic E-state index is 0.0232. The maximum Gasteiger partial charge on any atom is 0.255 e. The summed E-state index contributed by atoms with van der Waals surface area (Å²) in [6.45, 7) is 4.42. The molecule has 3 heterocycles. The van der Waals surface area contributed by atoms with Gasteiger partial charge in [0, 0.05) is 50.4 Å². The zero-order valence-corrected chi connectivity index (χ0v) is 18.6. The number of aromatic nitrogens is 3. The molecule has 1 aromatic carbocycles. The molecule has 1 saturated heterocycles. The highest BCUT2D eigenvalue weighted by Gasteiger charge is 2.27. The largest absolute Gasteiger partial charge is 0.497 e. The Kier molecular flexibility index (Phi) is 6.68. The molecule has 32 heavy (non-hydrogen) atoms. The van der Waals surface area contributed by atoms with Gasteiger partial charge in [0.05, 0.1) is 30.2 Å². The lowest BCUT2D eigenvalue weighted by atomic mass is 9.93. The van der Waals surface area contributed by atoms with E-state index >= 15 is 0 Å². The second kappa shape index (κ2) is 9.80. The van der Waals surface area contributed by atoms with Crippen LogP contribution in [0.25, 0.3) is 10.9 Å². The van der Waals surface area contributed by atoms with Gasteiger partial charge in [-0.05, 0) is 49.9 Å². The quantitative estimate of drug-likeness (QED) is 0.616. The van der Waals surface area contributed by atoms with Crippen molar-refractivity contribution in [2.75, 3.05) is 26.7 Å². The van der Waals surface area contributed by atoms with Crippen LogP contribution in [0.2, 0.25) is 0 Å². The maximum atomic E-state index is 13.3. The van der Waals surface area contributed by atoms with E-state index in [4.69, 9.17) is 4.74 Å². The lowest BCUT2D eigenvalue weighted by Gasteiger charge is -2.33. The molecule has 1 unspecified atom stereocenters. The Labute approximate surface area is 187 Å². The molecule has 1 fully saturated rings. The smallest absolute Gasteiger partial charge is 0.255 e. The van der Waals surface area contributed by atoms with Gasteiger partial charge in [0.2, 0.25) is 5.91 Å². The number of rotatable bonds is 7. The van der Waals surface area contributed by atoms with Gasteiger partial charge in [0.15, 0.2) is 0 Å². The van der Waals surface area contributed by atoms with Crippen molar-refractivity contribution in [3.63, 3.8) is 0 Å². The number of imidazole rings is 1. The fourth-order valence-corrected chi connectivity index (χ4v) is 4.26. The molecule has 0 aliphatic carbocycles. The first-order valence-corrected chi connectivity index (χ1v) is 11.0. The van der Waals surface area contributed by atoms with E-state index in [9.17, 15) is 9.59 Å². The number of ether oxygens (including phenoxy) is 1. The first-order chi connectivity index (χ1) is 15.5. The maximum absolute atomic E-state index is 13.3. The summed E-state index contributed by atoms with van der Waals surface area (Å²) in [5.41, 5.74) is 2.16. The van der Waals surface area contributed by atoms with Crippen molar-refractivity contribution in [3.05, 3.63) is 54.2 Å². The summed E-state index contributed by atoms with van der Waals surface area (Å²) in [6, 6.07) is 7.56. The van der Waals surface area contributed by atoms with Crippen LogP contribution < -0.4 is 10.1 Å². The van der Waals surface area contributed by atoms with E-state index in [1.165, 1.54) is 0 Å². The van der Waals surface area contributed by atoms with Crippen LogP contribution in [-0.4, -0.2) is 58.0 Å². The number of amides is 2. The molecule has 2 amide bonds. The molecular weight excluding hydrogens is 406 g/mol. The molecule has 0 bridgehead atoms. The van der Waals surface area contributed by atoms with Gasteiger partial charge in [-0.25, -0.2) is 4.98 Å². The Balaban J connectivity index is 1.37. The third kappa shape index (κ3) is 5.07. The highest BCUT2D eigenvalue weighted by atomic mass is 16.5. The number of likely N-dealkylation sites (tertiary alicyclic amines) is 1. The predicted molar refractivity (Wildman–Crippen MR) is 122 cm³/mol. The summed E-state index contributed by atoms with van der Waals surface area (Å²) in [7, 11) is 1.62. The number of aryl methyl sites for hydroxylation is 1. The van der Waals surface area contributed by atoms with E-state index in [2.05, 4.69) is 15.3 Å². The number of nitrogens with one attached hydrogen (secondary N) is 1. The predicted octanol–water partition coefficient (Wildman–Crippen LogP) is 2.81. The summed E-state index contributed by atoms with van der Waals surface area (Å²) < 4.78 is 7.23. The molecule has 1 N–H and O–H groups in total. The second-order valence-electron chi connectivity index (χ2n) is 8.29. The van der Waals surface area contributed by atoms with Crippen molar-refractivity contribution >= 4 is 22.7 Å². The number of carbonyl (C=O) groups excluding carboxylic acids is 2. The van der Waals surface area contributed by atoms with Gasteiger partial charge < -0.3 is 19.5 Å². The van der Waals surface area contributed by atoms with Crippen molar-refractivity contribution in [1.82, 2.24) is 24.8 Å². The first-order valence-electron chi connectivity index (χ1n) is 11.0. The van der Waals surface area contributed by atoms with Crippen molar-refractivity contribution < 1.29 is 14.3 Å². The molecular formula is C24H29N5O3. The van der Waals surface area contributed by atoms with Crippen LogP contribution >= 0.6 is 0 Å². The average Bonchev–Trinajstić information content (AvgIpc) is 3.31. The fourth-order valence-electron chi connectivity index (χ4n) is 4.26. The lowest BCUT2D eigenvalue weighted by molar-refractivity contribution is -0.122. The minimum Gasteiger partial charge on any atom is -0.497 e. The van der Waals surface area contributed by atoms with E-state index in [0.717, 1.165) is 29.5 Å². The Morgan fingerprint density at radius 1 is 1.28 bits per heavy atom. The van der Waals surface area contributed by atoms with Crippen LogP contribution in [0.5, 0.6) is 5.75 Å². The fraction of sp³-hybridized carbons (Fsp3) is 0.417. The number of hydrogen-bond acceptors (Lipinski definition) is 5. The molecule has 8 nitrogen and oxygen atoms in total. The number of fused-ring (bicyclic) bond motifs is 1. The van der Waals surface area contributed by atoms with E-state index in [1.807, 2.05) is 46.9 Å². The van der Waals surface area contributed by atoms with Crippen LogP contribution in [0.4, 0.5) is 0 Å². The monoisotopic (exact) mass is 435 g/mol. The zero-order chi connectivity index (χ0) is 22.5. The van der Waals surface area contributed by atoms with E-state index < -0.39 is 0 Å². The lowest BCUT2D eigenvalue weighted by Crippen LogP contribution is -2.42. The van der Waals surface area contributed by atoms with Gasteiger partial charge in [-0.3, -0.25) is 14.6 Å². The van der Waals surface area contributed by atoms with Gasteiger partial charge in [0.1, 0.15) is 5.75 Å². The third-order valence-electron chi connectivity index (χ3n) is 5.97. The van der Waals surface area contributed by atoms with Crippen LogP contribution in [-0.2, 0) is 11.3 Å². The number of piperidine rings is 1. The van der Waals surface area contributed by atoms with Crippen molar-refractivity contribution in [1.29, 1.82) is 0 Å².